The van der Waals surface area contributed by atoms with E-state index >= 15 is 0 Å². The first-order valence-electron chi connectivity index (χ1n) is 5.51. The van der Waals surface area contributed by atoms with Crippen LogP contribution in [0.15, 0.2) is 30.3 Å². The maximum Gasteiger partial charge on any atom is 0.326 e. The highest BCUT2D eigenvalue weighted by molar-refractivity contribution is 7.80. The van der Waals surface area contributed by atoms with Gasteiger partial charge < -0.3 is 16.2 Å². The van der Waals surface area contributed by atoms with Crippen LogP contribution in [0, 0.1) is 0 Å². The third-order valence-corrected chi connectivity index (χ3v) is 2.73. The van der Waals surface area contributed by atoms with Gasteiger partial charge >= 0.3 is 5.97 Å². The molecule has 0 saturated carbocycles. The molecule has 1 aromatic carbocycles. The summed E-state index contributed by atoms with van der Waals surface area (Å²) in [6.45, 7) is 0. The van der Waals surface area contributed by atoms with Gasteiger partial charge in [-0.25, -0.2) is 4.79 Å². The normalized spacial score (nSPS) is 13.7. The quantitative estimate of drug-likeness (QED) is 0.568. The van der Waals surface area contributed by atoms with Gasteiger partial charge in [0.15, 0.2) is 0 Å². The first-order chi connectivity index (χ1) is 8.56. The molecule has 1 aromatic rings. The zero-order chi connectivity index (χ0) is 13.5. The summed E-state index contributed by atoms with van der Waals surface area (Å²) in [5.74, 6) is -1.22. The van der Waals surface area contributed by atoms with Crippen molar-refractivity contribution in [2.45, 2.75) is 18.5 Å². The van der Waals surface area contributed by atoms with Gasteiger partial charge in [-0.05, 0) is 17.7 Å². The summed E-state index contributed by atoms with van der Waals surface area (Å²) < 4.78 is 0. The fourth-order valence-corrected chi connectivity index (χ4v) is 1.72. The van der Waals surface area contributed by atoms with Crippen molar-refractivity contribution in [3.8, 4) is 0 Å². The summed E-state index contributed by atoms with van der Waals surface area (Å²) in [5, 5.41) is 11.3. The van der Waals surface area contributed by atoms with E-state index in [2.05, 4.69) is 17.9 Å². The molecule has 98 valence electrons. The van der Waals surface area contributed by atoms with E-state index < -0.39 is 24.0 Å². The maximum atomic E-state index is 11.8. The molecule has 5 nitrogen and oxygen atoms in total. The van der Waals surface area contributed by atoms with Crippen molar-refractivity contribution < 1.29 is 14.7 Å². The number of carbonyl (C=O) groups is 2. The molecule has 0 spiro atoms. The standard InChI is InChI=1S/C12H16N2O3S/c13-10(8-4-2-1-3-5-8)11(15)14-9(6-7-18)12(16)17/h1-5,9-10,18H,6-7,13H2,(H,14,15)(H,16,17)/t9-,10?/m0/s1. The Morgan fingerprint density at radius 2 is 1.94 bits per heavy atom. The highest BCUT2D eigenvalue weighted by Gasteiger charge is 2.23. The summed E-state index contributed by atoms with van der Waals surface area (Å²) in [6.07, 6.45) is 0.256. The van der Waals surface area contributed by atoms with Gasteiger partial charge in [0.2, 0.25) is 5.91 Å². The Bertz CT molecular complexity index is 411. The lowest BCUT2D eigenvalue weighted by Gasteiger charge is -2.17. The molecule has 0 bridgehead atoms. The molecule has 0 aliphatic heterocycles. The van der Waals surface area contributed by atoms with Gasteiger partial charge in [0.1, 0.15) is 12.1 Å². The molecule has 0 saturated heterocycles. The lowest BCUT2D eigenvalue weighted by atomic mass is 10.1. The number of carbonyl (C=O) groups excluding carboxylic acids is 1. The largest absolute Gasteiger partial charge is 0.480 e. The summed E-state index contributed by atoms with van der Waals surface area (Å²) in [7, 11) is 0. The first kappa shape index (κ1) is 14.5. The van der Waals surface area contributed by atoms with Gasteiger partial charge in [-0.15, -0.1) is 0 Å². The van der Waals surface area contributed by atoms with E-state index in [1.165, 1.54) is 0 Å². The minimum atomic E-state index is -1.09. The van der Waals surface area contributed by atoms with Crippen LogP contribution in [-0.4, -0.2) is 28.8 Å². The smallest absolute Gasteiger partial charge is 0.326 e. The monoisotopic (exact) mass is 268 g/mol. The average molecular weight is 268 g/mol. The van der Waals surface area contributed by atoms with Crippen LogP contribution in [-0.2, 0) is 9.59 Å². The van der Waals surface area contributed by atoms with E-state index in [-0.39, 0.29) is 6.42 Å². The molecular weight excluding hydrogens is 252 g/mol. The summed E-state index contributed by atoms with van der Waals surface area (Å²) in [6, 6.07) is 6.97. The molecule has 6 heteroatoms. The molecule has 1 rings (SSSR count). The number of carboxylic acid groups (broad SMARTS) is 1. The molecule has 0 fully saturated rings. The lowest BCUT2D eigenvalue weighted by Crippen LogP contribution is -2.45. The third kappa shape index (κ3) is 4.05. The van der Waals surface area contributed by atoms with Crippen molar-refractivity contribution >= 4 is 24.5 Å². The van der Waals surface area contributed by atoms with E-state index in [1.807, 2.05) is 6.07 Å². The number of benzene rings is 1. The summed E-state index contributed by atoms with van der Waals surface area (Å²) >= 11 is 3.95. The fourth-order valence-electron chi connectivity index (χ4n) is 1.46. The van der Waals surface area contributed by atoms with E-state index in [9.17, 15) is 9.59 Å². The predicted molar refractivity (Wildman–Crippen MR) is 71.4 cm³/mol. The molecule has 2 atom stereocenters. The third-order valence-electron chi connectivity index (χ3n) is 2.47. The SMILES string of the molecule is NC(C(=O)N[C@@H](CCS)C(=O)O)c1ccccc1. The molecule has 0 aliphatic rings. The minimum Gasteiger partial charge on any atom is -0.480 e. The Hall–Kier alpha value is -1.53. The molecule has 0 aliphatic carbocycles. The summed E-state index contributed by atoms with van der Waals surface area (Å²) in [5.41, 5.74) is 6.40. The number of hydrogen-bond acceptors (Lipinski definition) is 4. The number of rotatable bonds is 6. The minimum absolute atomic E-state index is 0.256. The zero-order valence-electron chi connectivity index (χ0n) is 9.74. The molecule has 0 heterocycles. The van der Waals surface area contributed by atoms with Gasteiger partial charge in [-0.3, -0.25) is 4.79 Å². The highest BCUT2D eigenvalue weighted by atomic mass is 32.1. The van der Waals surface area contributed by atoms with E-state index in [0.29, 0.717) is 11.3 Å². The zero-order valence-corrected chi connectivity index (χ0v) is 10.6. The Morgan fingerprint density at radius 1 is 1.33 bits per heavy atom. The van der Waals surface area contributed by atoms with Crippen molar-refractivity contribution in [3.05, 3.63) is 35.9 Å². The van der Waals surface area contributed by atoms with Gasteiger partial charge in [-0.2, -0.15) is 12.6 Å². The summed E-state index contributed by atoms with van der Waals surface area (Å²) in [4.78, 5) is 22.7. The molecule has 1 unspecified atom stereocenters. The number of nitrogens with two attached hydrogens (primary N) is 1. The molecule has 1 amide bonds. The van der Waals surface area contributed by atoms with Crippen LogP contribution in [0.1, 0.15) is 18.0 Å². The first-order valence-corrected chi connectivity index (χ1v) is 6.14. The van der Waals surface area contributed by atoms with E-state index in [0.717, 1.165) is 0 Å². The second-order valence-electron chi connectivity index (χ2n) is 3.80. The molecule has 0 aromatic heterocycles. The van der Waals surface area contributed by atoms with E-state index in [1.54, 1.807) is 24.3 Å². The van der Waals surface area contributed by atoms with Gasteiger partial charge in [0.05, 0.1) is 0 Å². The maximum absolute atomic E-state index is 11.8. The number of aliphatic carboxylic acids is 1. The van der Waals surface area contributed by atoms with Crippen molar-refractivity contribution in [2.24, 2.45) is 5.73 Å². The van der Waals surface area contributed by atoms with Crippen molar-refractivity contribution in [1.29, 1.82) is 0 Å². The second-order valence-corrected chi connectivity index (χ2v) is 4.25. The predicted octanol–water partition coefficient (Wildman–Crippen LogP) is 0.576. The Kier molecular flexibility index (Phi) is 5.67. The lowest BCUT2D eigenvalue weighted by molar-refractivity contribution is -0.142. The van der Waals surface area contributed by atoms with Crippen LogP contribution in [0.4, 0.5) is 0 Å². The molecule has 0 radical (unpaired) electrons. The Morgan fingerprint density at radius 3 is 2.44 bits per heavy atom. The van der Waals surface area contributed by atoms with Gasteiger partial charge in [0, 0.05) is 0 Å². The topological polar surface area (TPSA) is 92.4 Å². The molecular formula is C12H16N2O3S. The average Bonchev–Trinajstić information content (AvgIpc) is 2.38. The number of carboxylic acids is 1. The number of nitrogens with one attached hydrogen (secondary N) is 1. The van der Waals surface area contributed by atoms with Gasteiger partial charge in [0.25, 0.3) is 0 Å². The van der Waals surface area contributed by atoms with Crippen LogP contribution >= 0.6 is 12.6 Å². The van der Waals surface area contributed by atoms with Crippen molar-refractivity contribution in [2.75, 3.05) is 5.75 Å². The Labute approximate surface area is 111 Å². The van der Waals surface area contributed by atoms with Crippen LogP contribution in [0.2, 0.25) is 0 Å². The van der Waals surface area contributed by atoms with Gasteiger partial charge in [-0.1, -0.05) is 30.3 Å². The molecule has 4 N–H and O–H groups in total. The number of amides is 1. The van der Waals surface area contributed by atoms with Crippen LogP contribution in [0.25, 0.3) is 0 Å². The van der Waals surface area contributed by atoms with Crippen molar-refractivity contribution in [1.82, 2.24) is 5.32 Å². The molecule has 18 heavy (non-hydrogen) atoms. The second kappa shape index (κ2) is 7.03. The van der Waals surface area contributed by atoms with Crippen molar-refractivity contribution in [3.63, 3.8) is 0 Å². The van der Waals surface area contributed by atoms with Crippen LogP contribution in [0.3, 0.4) is 0 Å². The number of thiol groups is 1. The van der Waals surface area contributed by atoms with Crippen LogP contribution < -0.4 is 11.1 Å². The Balaban J connectivity index is 2.67. The fraction of sp³-hybridized carbons (Fsp3) is 0.333. The number of hydrogen-bond donors (Lipinski definition) is 4. The highest BCUT2D eigenvalue weighted by Crippen LogP contribution is 2.10. The van der Waals surface area contributed by atoms with Crippen LogP contribution in [0.5, 0.6) is 0 Å². The van der Waals surface area contributed by atoms with E-state index in [4.69, 9.17) is 10.8 Å².